The van der Waals surface area contributed by atoms with E-state index in [1.807, 2.05) is 36.4 Å². The molecule has 7 nitrogen and oxygen atoms in total. The van der Waals surface area contributed by atoms with Crippen LogP contribution in [0.1, 0.15) is 45.5 Å². The van der Waals surface area contributed by atoms with Crippen molar-refractivity contribution in [3.05, 3.63) is 95.1 Å². The molecule has 2 amide bonds. The van der Waals surface area contributed by atoms with Crippen LogP contribution >= 0.6 is 0 Å². The average Bonchev–Trinajstić information content (AvgIpc) is 3.16. The minimum absolute atomic E-state index is 0.0342. The maximum Gasteiger partial charge on any atom is 0.407 e. The van der Waals surface area contributed by atoms with E-state index in [0.717, 1.165) is 22.3 Å². The second kappa shape index (κ2) is 9.85. The number of primary amides is 1. The molecule has 3 aromatic rings. The van der Waals surface area contributed by atoms with Gasteiger partial charge in [0.15, 0.2) is 0 Å². The Bertz CT molecular complexity index is 1120. The van der Waals surface area contributed by atoms with Gasteiger partial charge in [-0.3, -0.25) is 4.79 Å². The number of nitrogens with one attached hydrogen (secondary N) is 1. The molecule has 3 aromatic carbocycles. The number of hydrogen-bond acceptors (Lipinski definition) is 5. The minimum atomic E-state index is -1.21. The van der Waals surface area contributed by atoms with Crippen LogP contribution in [-0.2, 0) is 4.74 Å². The predicted molar refractivity (Wildman–Crippen MR) is 124 cm³/mol. The molecule has 0 radical (unpaired) electrons. The van der Waals surface area contributed by atoms with Crippen LogP contribution in [0.5, 0.6) is 0 Å². The summed E-state index contributed by atoms with van der Waals surface area (Å²) >= 11 is 0. The summed E-state index contributed by atoms with van der Waals surface area (Å²) in [5.41, 5.74) is 10.4. The van der Waals surface area contributed by atoms with Crippen molar-refractivity contribution in [2.75, 3.05) is 13.2 Å². The summed E-state index contributed by atoms with van der Waals surface area (Å²) in [6.07, 6.45) is -2.84. The summed E-state index contributed by atoms with van der Waals surface area (Å²) in [5.74, 6) is -0.649. The van der Waals surface area contributed by atoms with E-state index in [0.29, 0.717) is 5.56 Å². The number of benzene rings is 3. The number of fused-ring (bicyclic) bond motifs is 3. The number of alkyl carbamates (subject to hydrolysis) is 1. The summed E-state index contributed by atoms with van der Waals surface area (Å²) < 4.78 is 5.46. The fraction of sp³-hybridized carbons (Fsp3) is 0.231. The first-order valence-electron chi connectivity index (χ1n) is 10.8. The molecule has 0 spiro atoms. The SMILES string of the molecule is NC(=O)c1cccc(C(O)C(O)CCNC(=O)OCC2c3ccccc3-c3ccccc32)c1. The van der Waals surface area contributed by atoms with Crippen LogP contribution in [0.3, 0.4) is 0 Å². The predicted octanol–water partition coefficient (Wildman–Crippen LogP) is 3.11. The summed E-state index contributed by atoms with van der Waals surface area (Å²) in [7, 11) is 0. The molecule has 0 bridgehead atoms. The Kier molecular flexibility index (Phi) is 6.72. The van der Waals surface area contributed by atoms with Gasteiger partial charge in [-0.15, -0.1) is 0 Å². The number of aliphatic hydroxyl groups excluding tert-OH is 2. The van der Waals surface area contributed by atoms with Gasteiger partial charge in [-0.1, -0.05) is 60.7 Å². The lowest BCUT2D eigenvalue weighted by Gasteiger charge is -2.19. The standard InChI is InChI=1S/C26H26N2O5/c27-25(31)17-7-5-6-16(14-17)24(30)23(29)12-13-28-26(32)33-15-22-20-10-3-1-8-18(20)19-9-2-4-11-21(19)22/h1-11,14,22-24,29-30H,12-13,15H2,(H2,27,31)(H,28,32). The number of ether oxygens (including phenoxy) is 1. The molecule has 7 heteroatoms. The van der Waals surface area contributed by atoms with E-state index < -0.39 is 24.2 Å². The monoisotopic (exact) mass is 446 g/mol. The number of amides is 2. The fourth-order valence-corrected chi connectivity index (χ4v) is 4.23. The van der Waals surface area contributed by atoms with Crippen molar-refractivity contribution in [3.8, 4) is 11.1 Å². The molecule has 2 unspecified atom stereocenters. The lowest BCUT2D eigenvalue weighted by molar-refractivity contribution is 0.0136. The van der Waals surface area contributed by atoms with E-state index in [9.17, 15) is 19.8 Å². The van der Waals surface area contributed by atoms with Gasteiger partial charge in [-0.05, 0) is 46.4 Å². The van der Waals surface area contributed by atoms with Gasteiger partial charge in [0, 0.05) is 18.0 Å². The molecule has 0 saturated heterocycles. The zero-order chi connectivity index (χ0) is 23.4. The Hall–Kier alpha value is -3.68. The van der Waals surface area contributed by atoms with Gasteiger partial charge in [-0.25, -0.2) is 4.79 Å². The van der Waals surface area contributed by atoms with E-state index in [4.69, 9.17) is 10.5 Å². The summed E-state index contributed by atoms with van der Waals surface area (Å²) in [6, 6.07) is 22.3. The van der Waals surface area contributed by atoms with Gasteiger partial charge < -0.3 is 26.0 Å². The molecule has 1 aliphatic rings. The quantitative estimate of drug-likeness (QED) is 0.424. The molecule has 0 heterocycles. The van der Waals surface area contributed by atoms with Gasteiger partial charge in [0.25, 0.3) is 0 Å². The number of rotatable bonds is 8. The topological polar surface area (TPSA) is 122 Å². The van der Waals surface area contributed by atoms with E-state index in [1.54, 1.807) is 12.1 Å². The maximum atomic E-state index is 12.2. The molecular weight excluding hydrogens is 420 g/mol. The second-order valence-corrected chi connectivity index (χ2v) is 8.04. The molecule has 4 rings (SSSR count). The molecule has 2 atom stereocenters. The molecule has 33 heavy (non-hydrogen) atoms. The van der Waals surface area contributed by atoms with Gasteiger partial charge in [0.1, 0.15) is 12.7 Å². The number of nitrogens with two attached hydrogens (primary N) is 1. The van der Waals surface area contributed by atoms with Crippen LogP contribution < -0.4 is 11.1 Å². The highest BCUT2D eigenvalue weighted by Crippen LogP contribution is 2.44. The highest BCUT2D eigenvalue weighted by atomic mass is 16.5. The van der Waals surface area contributed by atoms with Crippen molar-refractivity contribution in [3.63, 3.8) is 0 Å². The Morgan fingerprint density at radius 3 is 2.21 bits per heavy atom. The molecule has 0 fully saturated rings. The average molecular weight is 447 g/mol. The zero-order valence-corrected chi connectivity index (χ0v) is 18.0. The minimum Gasteiger partial charge on any atom is -0.449 e. The smallest absolute Gasteiger partial charge is 0.407 e. The van der Waals surface area contributed by atoms with Gasteiger partial charge >= 0.3 is 6.09 Å². The lowest BCUT2D eigenvalue weighted by atomic mass is 9.98. The Balaban J connectivity index is 1.28. The maximum absolute atomic E-state index is 12.2. The second-order valence-electron chi connectivity index (χ2n) is 8.04. The first-order valence-corrected chi connectivity index (χ1v) is 10.8. The van der Waals surface area contributed by atoms with Crippen LogP contribution in [0.25, 0.3) is 11.1 Å². The van der Waals surface area contributed by atoms with Crippen molar-refractivity contribution in [2.45, 2.75) is 24.5 Å². The zero-order valence-electron chi connectivity index (χ0n) is 18.0. The van der Waals surface area contributed by atoms with Crippen LogP contribution in [0.4, 0.5) is 4.79 Å². The number of carbonyl (C=O) groups excluding carboxylic acids is 2. The van der Waals surface area contributed by atoms with Crippen LogP contribution in [-0.4, -0.2) is 41.5 Å². The van der Waals surface area contributed by atoms with Gasteiger partial charge in [0.2, 0.25) is 5.91 Å². The van der Waals surface area contributed by atoms with E-state index in [1.165, 1.54) is 12.1 Å². The van der Waals surface area contributed by atoms with Crippen molar-refractivity contribution >= 4 is 12.0 Å². The Morgan fingerprint density at radius 2 is 1.58 bits per heavy atom. The van der Waals surface area contributed by atoms with Gasteiger partial charge in [-0.2, -0.15) is 0 Å². The Morgan fingerprint density at radius 1 is 0.939 bits per heavy atom. The highest BCUT2D eigenvalue weighted by molar-refractivity contribution is 5.92. The Labute approximate surface area is 191 Å². The fourth-order valence-electron chi connectivity index (χ4n) is 4.23. The highest BCUT2D eigenvalue weighted by Gasteiger charge is 2.29. The van der Waals surface area contributed by atoms with Gasteiger partial charge in [0.05, 0.1) is 6.10 Å². The normalized spacial score (nSPS) is 14.1. The molecule has 170 valence electrons. The molecule has 1 aliphatic carbocycles. The number of aliphatic hydroxyl groups is 2. The van der Waals surface area contributed by atoms with Crippen LogP contribution in [0, 0.1) is 0 Å². The lowest BCUT2D eigenvalue weighted by Crippen LogP contribution is -2.30. The van der Waals surface area contributed by atoms with Crippen LogP contribution in [0.15, 0.2) is 72.8 Å². The molecular formula is C26H26N2O5. The van der Waals surface area contributed by atoms with E-state index in [2.05, 4.69) is 17.4 Å². The third kappa shape index (κ3) is 4.89. The van der Waals surface area contributed by atoms with Crippen molar-refractivity contribution < 1.29 is 24.5 Å². The summed E-state index contributed by atoms with van der Waals surface area (Å²) in [4.78, 5) is 23.5. The van der Waals surface area contributed by atoms with Crippen molar-refractivity contribution in [2.24, 2.45) is 5.73 Å². The first-order chi connectivity index (χ1) is 16.0. The van der Waals surface area contributed by atoms with E-state index in [-0.39, 0.29) is 31.1 Å². The third-order valence-corrected chi connectivity index (χ3v) is 5.93. The molecule has 0 saturated carbocycles. The van der Waals surface area contributed by atoms with Crippen molar-refractivity contribution in [1.29, 1.82) is 0 Å². The molecule has 0 aromatic heterocycles. The molecule has 5 N–H and O–H groups in total. The summed E-state index contributed by atoms with van der Waals surface area (Å²) in [6.45, 7) is 0.315. The summed E-state index contributed by atoms with van der Waals surface area (Å²) in [5, 5.41) is 23.2. The largest absolute Gasteiger partial charge is 0.449 e. The molecule has 0 aliphatic heterocycles. The first kappa shape index (κ1) is 22.5. The third-order valence-electron chi connectivity index (χ3n) is 5.93. The van der Waals surface area contributed by atoms with Crippen molar-refractivity contribution in [1.82, 2.24) is 5.32 Å². The number of carbonyl (C=O) groups is 2. The van der Waals surface area contributed by atoms with E-state index >= 15 is 0 Å². The number of hydrogen-bond donors (Lipinski definition) is 4. The van der Waals surface area contributed by atoms with Crippen LogP contribution in [0.2, 0.25) is 0 Å².